The number of aliphatic hydroxyl groups is 1. The molecule has 0 aromatic carbocycles. The molecule has 126 valence electrons. The average molecular weight is 316 g/mol. The lowest BCUT2D eigenvalue weighted by molar-refractivity contribution is -0.207. The molecule has 23 heavy (non-hydrogen) atoms. The lowest BCUT2D eigenvalue weighted by atomic mass is 9.44. The van der Waals surface area contributed by atoms with E-state index < -0.39 is 6.10 Å². The Bertz CT molecular complexity index is 583. The van der Waals surface area contributed by atoms with Gasteiger partial charge in [0.1, 0.15) is 6.10 Å². The van der Waals surface area contributed by atoms with Crippen LogP contribution in [0.4, 0.5) is 0 Å². The van der Waals surface area contributed by atoms with Gasteiger partial charge in [-0.3, -0.25) is 4.79 Å². The molecule has 4 saturated carbocycles. The highest BCUT2D eigenvalue weighted by Gasteiger charge is 2.71. The van der Waals surface area contributed by atoms with Crippen molar-refractivity contribution in [1.82, 2.24) is 0 Å². The van der Waals surface area contributed by atoms with Crippen LogP contribution in [-0.2, 0) is 9.53 Å². The summed E-state index contributed by atoms with van der Waals surface area (Å²) in [4.78, 5) is 12.5. The first kappa shape index (κ1) is 14.5. The van der Waals surface area contributed by atoms with E-state index in [2.05, 4.69) is 13.5 Å². The first-order valence-corrected chi connectivity index (χ1v) is 9.53. The fourth-order valence-corrected chi connectivity index (χ4v) is 7.72. The number of ether oxygens (including phenoxy) is 1. The molecule has 3 heteroatoms. The van der Waals surface area contributed by atoms with Gasteiger partial charge in [0.25, 0.3) is 0 Å². The molecule has 3 nitrogen and oxygen atoms in total. The zero-order valence-electron chi connectivity index (χ0n) is 14.1. The van der Waals surface area contributed by atoms with Gasteiger partial charge in [-0.1, -0.05) is 31.9 Å². The van der Waals surface area contributed by atoms with Crippen LogP contribution >= 0.6 is 0 Å². The second-order valence-electron chi connectivity index (χ2n) is 9.33. The summed E-state index contributed by atoms with van der Waals surface area (Å²) in [6.45, 7) is 6.74. The van der Waals surface area contributed by atoms with Gasteiger partial charge in [0.05, 0.1) is 12.0 Å². The van der Waals surface area contributed by atoms with Crippen LogP contribution in [0.15, 0.2) is 12.2 Å². The van der Waals surface area contributed by atoms with Crippen molar-refractivity contribution in [3.05, 3.63) is 12.2 Å². The number of carbonyl (C=O) groups is 1. The summed E-state index contributed by atoms with van der Waals surface area (Å²) in [7, 11) is 0. The largest absolute Gasteiger partial charge is 0.459 e. The quantitative estimate of drug-likeness (QED) is 0.550. The Kier molecular flexibility index (Phi) is 2.78. The Labute approximate surface area is 138 Å². The van der Waals surface area contributed by atoms with Gasteiger partial charge in [-0.25, -0.2) is 0 Å². The topological polar surface area (TPSA) is 46.5 Å². The highest BCUT2D eigenvalue weighted by molar-refractivity contribution is 5.76. The van der Waals surface area contributed by atoms with Crippen molar-refractivity contribution >= 4 is 5.97 Å². The Balaban J connectivity index is 1.67. The van der Waals surface area contributed by atoms with Gasteiger partial charge < -0.3 is 9.84 Å². The van der Waals surface area contributed by atoms with Crippen molar-refractivity contribution in [1.29, 1.82) is 0 Å². The van der Waals surface area contributed by atoms with Crippen LogP contribution in [0.3, 0.4) is 0 Å². The van der Waals surface area contributed by atoms with Gasteiger partial charge >= 0.3 is 5.97 Å². The van der Waals surface area contributed by atoms with Gasteiger partial charge in [-0.05, 0) is 55.8 Å². The van der Waals surface area contributed by atoms with E-state index in [0.29, 0.717) is 11.8 Å². The summed E-state index contributed by atoms with van der Waals surface area (Å²) in [5, 5.41) is 11.3. The number of rotatable bonds is 0. The highest BCUT2D eigenvalue weighted by atomic mass is 16.6. The van der Waals surface area contributed by atoms with Crippen molar-refractivity contribution < 1.29 is 14.6 Å². The maximum absolute atomic E-state index is 12.5. The molecule has 2 bridgehead atoms. The Morgan fingerprint density at radius 2 is 2.09 bits per heavy atom. The number of hydrogen-bond acceptors (Lipinski definition) is 3. The molecule has 5 rings (SSSR count). The van der Waals surface area contributed by atoms with Gasteiger partial charge in [0.2, 0.25) is 0 Å². The predicted octanol–water partition coefficient (Wildman–Crippen LogP) is 3.46. The Morgan fingerprint density at radius 1 is 1.26 bits per heavy atom. The number of esters is 1. The minimum absolute atomic E-state index is 0.0295. The smallest absolute Gasteiger partial charge is 0.309 e. The van der Waals surface area contributed by atoms with E-state index >= 15 is 0 Å². The minimum atomic E-state index is -0.486. The third kappa shape index (κ3) is 1.58. The molecule has 5 fully saturated rings. The molecule has 1 saturated heterocycles. The lowest BCUT2D eigenvalue weighted by Crippen LogP contribution is -2.63. The SMILES string of the molecule is C=C1C[C@@]23C[C@H]1CC[C@@H]2[C@]1(C)CCCC[C@@H]2C(=O)O[C@H]([C@@H]21)[C@H]3O. The summed E-state index contributed by atoms with van der Waals surface area (Å²) < 4.78 is 5.82. The van der Waals surface area contributed by atoms with Crippen molar-refractivity contribution in [2.45, 2.75) is 70.5 Å². The van der Waals surface area contributed by atoms with Crippen molar-refractivity contribution in [2.24, 2.45) is 34.5 Å². The summed E-state index contributed by atoms with van der Waals surface area (Å²) in [6.07, 6.45) is 8.18. The van der Waals surface area contributed by atoms with Gasteiger partial charge in [-0.15, -0.1) is 0 Å². The number of aliphatic hydroxyl groups excluding tert-OH is 1. The molecular weight excluding hydrogens is 288 g/mol. The zero-order chi connectivity index (χ0) is 16.0. The first-order valence-electron chi connectivity index (χ1n) is 9.53. The van der Waals surface area contributed by atoms with E-state index in [1.807, 2.05) is 0 Å². The fraction of sp³-hybridized carbons (Fsp3) is 0.850. The van der Waals surface area contributed by atoms with E-state index in [1.54, 1.807) is 0 Å². The van der Waals surface area contributed by atoms with Crippen molar-refractivity contribution in [3.8, 4) is 0 Å². The van der Waals surface area contributed by atoms with Crippen LogP contribution in [-0.4, -0.2) is 23.3 Å². The van der Waals surface area contributed by atoms with Gasteiger partial charge in [0, 0.05) is 11.3 Å². The number of fused-ring (bicyclic) bond motifs is 2. The van der Waals surface area contributed by atoms with Crippen molar-refractivity contribution in [3.63, 3.8) is 0 Å². The van der Waals surface area contributed by atoms with E-state index in [0.717, 1.165) is 25.7 Å². The molecule has 1 heterocycles. The van der Waals surface area contributed by atoms with Crippen LogP contribution in [0.5, 0.6) is 0 Å². The molecule has 5 aliphatic rings. The summed E-state index contributed by atoms with van der Waals surface area (Å²) >= 11 is 0. The molecule has 0 amide bonds. The fourth-order valence-electron chi connectivity index (χ4n) is 7.72. The lowest BCUT2D eigenvalue weighted by Gasteiger charge is -2.60. The molecule has 1 N–H and O–H groups in total. The average Bonchev–Trinajstić information content (AvgIpc) is 2.90. The normalized spacial score (nSPS) is 57.5. The van der Waals surface area contributed by atoms with E-state index in [9.17, 15) is 9.90 Å². The second kappa shape index (κ2) is 4.41. The van der Waals surface area contributed by atoms with E-state index in [1.165, 1.54) is 31.3 Å². The molecule has 8 atom stereocenters. The molecule has 1 aliphatic heterocycles. The number of allylic oxidation sites excluding steroid dienone is 1. The molecule has 4 aliphatic carbocycles. The van der Waals surface area contributed by atoms with Gasteiger partial charge in [0.15, 0.2) is 0 Å². The maximum atomic E-state index is 12.5. The standard InChI is InChI=1S/C20H28O3/c1-11-9-20-10-12(11)6-7-14(20)19(2)8-4-3-5-13-15(19)16(17(20)21)23-18(13)22/h12-17,21H,1,3-10H2,2H3/t12-,13+,14-,15-,16-,17-,19+,20-/m1/s1. The number of carbonyl (C=O) groups excluding carboxylic acids is 1. The molecule has 0 unspecified atom stereocenters. The first-order chi connectivity index (χ1) is 11.0. The minimum Gasteiger partial charge on any atom is -0.459 e. The van der Waals surface area contributed by atoms with Crippen molar-refractivity contribution in [2.75, 3.05) is 0 Å². The summed E-state index contributed by atoms with van der Waals surface area (Å²) in [5.74, 6) is 1.34. The van der Waals surface area contributed by atoms with Crippen LogP contribution in [0.2, 0.25) is 0 Å². The molecule has 0 aromatic heterocycles. The second-order valence-corrected chi connectivity index (χ2v) is 9.33. The van der Waals surface area contributed by atoms with E-state index in [-0.39, 0.29) is 34.7 Å². The monoisotopic (exact) mass is 316 g/mol. The Morgan fingerprint density at radius 3 is 2.91 bits per heavy atom. The van der Waals surface area contributed by atoms with Crippen LogP contribution < -0.4 is 0 Å². The van der Waals surface area contributed by atoms with E-state index in [4.69, 9.17) is 4.74 Å². The van der Waals surface area contributed by atoms with Crippen LogP contribution in [0, 0.1) is 34.5 Å². The summed E-state index contributed by atoms with van der Waals surface area (Å²) in [6, 6.07) is 0. The van der Waals surface area contributed by atoms with Gasteiger partial charge in [-0.2, -0.15) is 0 Å². The Hall–Kier alpha value is -0.830. The number of hydrogen-bond donors (Lipinski definition) is 1. The predicted molar refractivity (Wildman–Crippen MR) is 86.5 cm³/mol. The molecule has 1 spiro atoms. The highest BCUT2D eigenvalue weighted by Crippen LogP contribution is 2.71. The van der Waals surface area contributed by atoms with Crippen LogP contribution in [0.25, 0.3) is 0 Å². The molecular formula is C20H28O3. The maximum Gasteiger partial charge on any atom is 0.309 e. The van der Waals surface area contributed by atoms with Crippen LogP contribution in [0.1, 0.15) is 58.3 Å². The summed E-state index contributed by atoms with van der Waals surface area (Å²) in [5.41, 5.74) is 1.41. The zero-order valence-corrected chi connectivity index (χ0v) is 14.1. The molecule has 0 radical (unpaired) electrons. The molecule has 0 aromatic rings. The third-order valence-corrected chi connectivity index (χ3v) is 8.54. The third-order valence-electron chi connectivity index (χ3n) is 8.54.